The molecular weight excluding hydrogens is 288 g/mol. The fourth-order valence-electron chi connectivity index (χ4n) is 2.49. The number of nitrogens with two attached hydrogens (primary N) is 1. The van der Waals surface area contributed by atoms with Crippen molar-refractivity contribution in [3.8, 4) is 5.75 Å². The van der Waals surface area contributed by atoms with Gasteiger partial charge in [-0.25, -0.2) is 0 Å². The summed E-state index contributed by atoms with van der Waals surface area (Å²) in [6.07, 6.45) is 3.85. The van der Waals surface area contributed by atoms with Crippen LogP contribution in [0.2, 0.25) is 5.02 Å². The lowest BCUT2D eigenvalue weighted by Gasteiger charge is -2.28. The molecule has 0 aliphatic rings. The van der Waals surface area contributed by atoms with E-state index in [4.69, 9.17) is 22.1 Å². The predicted molar refractivity (Wildman–Crippen MR) is 84.5 cm³/mol. The highest BCUT2D eigenvalue weighted by Gasteiger charge is 2.22. The largest absolute Gasteiger partial charge is 0.496 e. The van der Waals surface area contributed by atoms with Crippen LogP contribution >= 0.6 is 11.6 Å². The highest BCUT2D eigenvalue weighted by Crippen LogP contribution is 2.34. The van der Waals surface area contributed by atoms with Gasteiger partial charge in [0.15, 0.2) is 0 Å². The maximum Gasteiger partial charge on any atom is 0.125 e. The van der Waals surface area contributed by atoms with Crippen LogP contribution in [0.1, 0.15) is 17.2 Å². The van der Waals surface area contributed by atoms with Crippen molar-refractivity contribution in [2.45, 2.75) is 12.6 Å². The van der Waals surface area contributed by atoms with Gasteiger partial charge in [0.1, 0.15) is 5.75 Å². The first-order valence-corrected chi connectivity index (χ1v) is 7.14. The molecule has 0 aliphatic carbocycles. The fraction of sp³-hybridized carbons (Fsp3) is 0.400. The topological polar surface area (TPSA) is 56.3 Å². The van der Waals surface area contributed by atoms with E-state index in [2.05, 4.69) is 10.00 Å². The third-order valence-electron chi connectivity index (χ3n) is 3.51. The van der Waals surface area contributed by atoms with E-state index in [1.165, 1.54) is 0 Å². The van der Waals surface area contributed by atoms with Crippen LogP contribution in [-0.2, 0) is 13.6 Å². The highest BCUT2D eigenvalue weighted by molar-refractivity contribution is 6.31. The van der Waals surface area contributed by atoms with Crippen molar-refractivity contribution in [2.24, 2.45) is 12.8 Å². The van der Waals surface area contributed by atoms with Gasteiger partial charge in [0.05, 0.1) is 19.3 Å². The molecule has 1 heterocycles. The van der Waals surface area contributed by atoms with Crippen molar-refractivity contribution < 1.29 is 4.74 Å². The zero-order chi connectivity index (χ0) is 15.4. The van der Waals surface area contributed by atoms with Gasteiger partial charge >= 0.3 is 0 Å². The van der Waals surface area contributed by atoms with Crippen molar-refractivity contribution >= 4 is 11.6 Å². The van der Waals surface area contributed by atoms with Crippen LogP contribution in [0.15, 0.2) is 30.6 Å². The summed E-state index contributed by atoms with van der Waals surface area (Å²) < 4.78 is 7.22. The molecule has 21 heavy (non-hydrogen) atoms. The molecule has 5 nitrogen and oxygen atoms in total. The molecule has 1 atom stereocenters. The second-order valence-corrected chi connectivity index (χ2v) is 5.45. The summed E-state index contributed by atoms with van der Waals surface area (Å²) in [4.78, 5) is 2.15. The number of aromatic nitrogens is 2. The molecule has 0 amide bonds. The molecule has 1 aromatic heterocycles. The van der Waals surface area contributed by atoms with Gasteiger partial charge in [0.25, 0.3) is 0 Å². The van der Waals surface area contributed by atoms with Gasteiger partial charge in [-0.15, -0.1) is 0 Å². The monoisotopic (exact) mass is 308 g/mol. The Kier molecular flexibility index (Phi) is 5.22. The number of benzene rings is 1. The Morgan fingerprint density at radius 3 is 2.81 bits per heavy atom. The summed E-state index contributed by atoms with van der Waals surface area (Å²) in [6, 6.07) is 5.62. The van der Waals surface area contributed by atoms with E-state index in [1.807, 2.05) is 44.7 Å². The van der Waals surface area contributed by atoms with Gasteiger partial charge in [-0.1, -0.05) is 17.7 Å². The first-order valence-electron chi connectivity index (χ1n) is 6.77. The minimum atomic E-state index is -0.0196. The van der Waals surface area contributed by atoms with Crippen LogP contribution < -0.4 is 10.5 Å². The Morgan fingerprint density at radius 1 is 1.48 bits per heavy atom. The van der Waals surface area contributed by atoms with Gasteiger partial charge in [-0.05, 0) is 19.2 Å². The van der Waals surface area contributed by atoms with Gasteiger partial charge in [-0.3, -0.25) is 9.58 Å². The van der Waals surface area contributed by atoms with Gasteiger partial charge in [0.2, 0.25) is 0 Å². The zero-order valence-electron chi connectivity index (χ0n) is 12.6. The average Bonchev–Trinajstić information content (AvgIpc) is 2.86. The van der Waals surface area contributed by atoms with E-state index in [1.54, 1.807) is 11.8 Å². The smallest absolute Gasteiger partial charge is 0.125 e. The van der Waals surface area contributed by atoms with Gasteiger partial charge in [-0.2, -0.15) is 5.10 Å². The maximum absolute atomic E-state index is 6.35. The Hall–Kier alpha value is -1.56. The average molecular weight is 309 g/mol. The van der Waals surface area contributed by atoms with Crippen molar-refractivity contribution in [3.05, 3.63) is 46.7 Å². The summed E-state index contributed by atoms with van der Waals surface area (Å²) >= 11 is 6.35. The standard InChI is InChI=1S/C15H21ClN4O/c1-19(9-11-8-18-20(2)10-11)13(7-17)15-12(16)5-4-6-14(15)21-3/h4-6,8,10,13H,7,9,17H2,1-3H3. The first-order chi connectivity index (χ1) is 10.1. The van der Waals surface area contributed by atoms with Crippen molar-refractivity contribution in [2.75, 3.05) is 20.7 Å². The van der Waals surface area contributed by atoms with Crippen LogP contribution in [0.4, 0.5) is 0 Å². The van der Waals surface area contributed by atoms with E-state index in [0.29, 0.717) is 11.6 Å². The molecule has 1 aromatic carbocycles. The van der Waals surface area contributed by atoms with Crippen molar-refractivity contribution in [3.63, 3.8) is 0 Å². The molecule has 2 rings (SSSR count). The van der Waals surface area contributed by atoms with E-state index in [0.717, 1.165) is 23.4 Å². The lowest BCUT2D eigenvalue weighted by atomic mass is 10.0. The number of halogens is 1. The second kappa shape index (κ2) is 6.93. The van der Waals surface area contributed by atoms with E-state index < -0.39 is 0 Å². The molecule has 2 N–H and O–H groups in total. The molecule has 0 saturated carbocycles. The number of aryl methyl sites for hydroxylation is 1. The normalized spacial score (nSPS) is 12.7. The third kappa shape index (κ3) is 3.56. The first kappa shape index (κ1) is 15.8. The van der Waals surface area contributed by atoms with E-state index in [9.17, 15) is 0 Å². The van der Waals surface area contributed by atoms with Gasteiger partial charge in [0, 0.05) is 42.5 Å². The zero-order valence-corrected chi connectivity index (χ0v) is 13.3. The molecule has 0 saturated heterocycles. The molecule has 0 aliphatic heterocycles. The molecular formula is C15H21ClN4O. The minimum absolute atomic E-state index is 0.0196. The van der Waals surface area contributed by atoms with E-state index >= 15 is 0 Å². The predicted octanol–water partition coefficient (Wildman–Crippen LogP) is 2.21. The van der Waals surface area contributed by atoms with E-state index in [-0.39, 0.29) is 6.04 Å². The Balaban J connectivity index is 2.26. The van der Waals surface area contributed by atoms with Gasteiger partial charge < -0.3 is 10.5 Å². The quantitative estimate of drug-likeness (QED) is 0.889. The van der Waals surface area contributed by atoms with Crippen molar-refractivity contribution in [1.29, 1.82) is 0 Å². The third-order valence-corrected chi connectivity index (χ3v) is 3.84. The number of rotatable bonds is 6. The molecule has 1 unspecified atom stereocenters. The summed E-state index contributed by atoms with van der Waals surface area (Å²) in [7, 11) is 5.57. The molecule has 0 fully saturated rings. The summed E-state index contributed by atoms with van der Waals surface area (Å²) in [5.41, 5.74) is 8.04. The number of hydrogen-bond donors (Lipinski definition) is 1. The highest BCUT2D eigenvalue weighted by atomic mass is 35.5. The summed E-state index contributed by atoms with van der Waals surface area (Å²) in [5.74, 6) is 0.760. The molecule has 0 bridgehead atoms. The van der Waals surface area contributed by atoms with Crippen LogP contribution in [-0.4, -0.2) is 35.4 Å². The number of likely N-dealkylation sites (N-methyl/N-ethyl adjacent to an activating group) is 1. The lowest BCUT2D eigenvalue weighted by molar-refractivity contribution is 0.236. The SMILES string of the molecule is COc1cccc(Cl)c1C(CN)N(C)Cc1cnn(C)c1. The van der Waals surface area contributed by atoms with Crippen LogP contribution in [0.3, 0.4) is 0 Å². The maximum atomic E-state index is 6.35. The number of ether oxygens (including phenoxy) is 1. The van der Waals surface area contributed by atoms with Crippen LogP contribution in [0.25, 0.3) is 0 Å². The molecule has 0 radical (unpaired) electrons. The fourth-order valence-corrected chi connectivity index (χ4v) is 2.78. The molecule has 0 spiro atoms. The summed E-state index contributed by atoms with van der Waals surface area (Å²) in [5, 5.41) is 4.86. The Morgan fingerprint density at radius 2 is 2.24 bits per heavy atom. The van der Waals surface area contributed by atoms with Crippen molar-refractivity contribution in [1.82, 2.24) is 14.7 Å². The van der Waals surface area contributed by atoms with Crippen LogP contribution in [0.5, 0.6) is 5.75 Å². The Labute approximate surface area is 130 Å². The minimum Gasteiger partial charge on any atom is -0.496 e. The second-order valence-electron chi connectivity index (χ2n) is 5.04. The molecule has 114 valence electrons. The van der Waals surface area contributed by atoms with Crippen LogP contribution in [0, 0.1) is 0 Å². The number of methoxy groups -OCH3 is 1. The number of hydrogen-bond acceptors (Lipinski definition) is 4. The molecule has 6 heteroatoms. The number of nitrogens with zero attached hydrogens (tertiary/aromatic N) is 3. The summed E-state index contributed by atoms with van der Waals surface area (Å²) in [6.45, 7) is 1.20. The molecule has 2 aromatic rings. The Bertz CT molecular complexity index is 599. The lowest BCUT2D eigenvalue weighted by Crippen LogP contribution is -2.30.